The van der Waals surface area contributed by atoms with Crippen LogP contribution in [0.5, 0.6) is 0 Å². The summed E-state index contributed by atoms with van der Waals surface area (Å²) >= 11 is 0. The van der Waals surface area contributed by atoms with Gasteiger partial charge in [0.2, 0.25) is 11.8 Å². The van der Waals surface area contributed by atoms with Crippen molar-refractivity contribution in [1.29, 1.82) is 0 Å². The van der Waals surface area contributed by atoms with Gasteiger partial charge >= 0.3 is 0 Å². The second-order valence-corrected chi connectivity index (χ2v) is 8.35. The number of amides is 1. The molecule has 1 N–H and O–H groups in total. The standard InChI is InChI=1S/C25H28F2N4O2/c1-18-10-15-33-24(29-25(18)19-2-4-20(26)5-3-19)17-31-13-11-30(12-14-31)16-23(32)28-22-8-6-21(27)7-9-22/h2-9H,10-17H2,1H3,(H,28,32). The maximum atomic E-state index is 13.3. The Morgan fingerprint density at radius 2 is 1.58 bits per heavy atom. The second-order valence-electron chi connectivity index (χ2n) is 8.35. The van der Waals surface area contributed by atoms with Crippen LogP contribution in [0, 0.1) is 11.6 Å². The van der Waals surface area contributed by atoms with Crippen LogP contribution in [0.25, 0.3) is 5.70 Å². The van der Waals surface area contributed by atoms with Crippen molar-refractivity contribution in [2.24, 2.45) is 4.99 Å². The third kappa shape index (κ3) is 6.46. The summed E-state index contributed by atoms with van der Waals surface area (Å²) in [5, 5.41) is 2.80. The lowest BCUT2D eigenvalue weighted by atomic mass is 10.1. The molecule has 0 atom stereocenters. The Bertz CT molecular complexity index is 1030. The van der Waals surface area contributed by atoms with Crippen LogP contribution in [0.4, 0.5) is 14.5 Å². The summed E-state index contributed by atoms with van der Waals surface area (Å²) in [4.78, 5) is 21.4. The van der Waals surface area contributed by atoms with E-state index in [2.05, 4.69) is 15.1 Å². The van der Waals surface area contributed by atoms with E-state index in [1.165, 1.54) is 24.3 Å². The molecule has 1 saturated heterocycles. The number of carbonyl (C=O) groups is 1. The summed E-state index contributed by atoms with van der Waals surface area (Å²) < 4.78 is 32.2. The zero-order valence-corrected chi connectivity index (χ0v) is 18.7. The molecule has 2 heterocycles. The fourth-order valence-corrected chi connectivity index (χ4v) is 3.93. The highest BCUT2D eigenvalue weighted by atomic mass is 19.1. The number of nitrogens with zero attached hydrogens (tertiary/aromatic N) is 3. The van der Waals surface area contributed by atoms with Crippen molar-refractivity contribution in [2.75, 3.05) is 51.2 Å². The van der Waals surface area contributed by atoms with Crippen LogP contribution >= 0.6 is 0 Å². The molecule has 1 amide bonds. The van der Waals surface area contributed by atoms with E-state index in [1.807, 2.05) is 6.92 Å². The van der Waals surface area contributed by atoms with Gasteiger partial charge in [0.05, 0.1) is 25.4 Å². The SMILES string of the molecule is CC1=C(c2ccc(F)cc2)N=C(CN2CCN(CC(=O)Nc3ccc(F)cc3)CC2)OCC1. The average Bonchev–Trinajstić information content (AvgIpc) is 2.98. The van der Waals surface area contributed by atoms with E-state index in [4.69, 9.17) is 9.73 Å². The van der Waals surface area contributed by atoms with Crippen molar-refractivity contribution in [3.8, 4) is 0 Å². The first kappa shape index (κ1) is 23.1. The van der Waals surface area contributed by atoms with Gasteiger partial charge in [-0.1, -0.05) is 0 Å². The van der Waals surface area contributed by atoms with Gasteiger partial charge in [-0.3, -0.25) is 14.6 Å². The molecule has 1 fully saturated rings. The Morgan fingerprint density at radius 3 is 2.24 bits per heavy atom. The van der Waals surface area contributed by atoms with E-state index in [0.717, 1.165) is 49.4 Å². The van der Waals surface area contributed by atoms with Gasteiger partial charge in [0.1, 0.15) is 11.6 Å². The molecule has 2 aromatic carbocycles. The fraction of sp³-hybridized carbons (Fsp3) is 0.360. The zero-order valence-electron chi connectivity index (χ0n) is 18.7. The summed E-state index contributed by atoms with van der Waals surface area (Å²) in [5.41, 5.74) is 3.44. The van der Waals surface area contributed by atoms with Crippen LogP contribution in [0.15, 0.2) is 59.1 Å². The smallest absolute Gasteiger partial charge is 0.238 e. The molecule has 0 radical (unpaired) electrons. The van der Waals surface area contributed by atoms with E-state index in [0.29, 0.717) is 31.3 Å². The largest absolute Gasteiger partial charge is 0.479 e. The number of nitrogens with one attached hydrogen (secondary N) is 1. The molecule has 174 valence electrons. The predicted molar refractivity (Wildman–Crippen MR) is 125 cm³/mol. The van der Waals surface area contributed by atoms with Crippen LogP contribution in [0.2, 0.25) is 0 Å². The average molecular weight is 455 g/mol. The van der Waals surface area contributed by atoms with Gasteiger partial charge in [0, 0.05) is 43.9 Å². The lowest BCUT2D eigenvalue weighted by Gasteiger charge is -2.34. The summed E-state index contributed by atoms with van der Waals surface area (Å²) in [6.07, 6.45) is 0.774. The Kier molecular flexibility index (Phi) is 7.47. The lowest BCUT2D eigenvalue weighted by Crippen LogP contribution is -2.50. The van der Waals surface area contributed by atoms with Crippen molar-refractivity contribution in [1.82, 2.24) is 9.80 Å². The first-order valence-electron chi connectivity index (χ1n) is 11.1. The molecule has 0 aromatic heterocycles. The minimum Gasteiger partial charge on any atom is -0.479 e. The van der Waals surface area contributed by atoms with E-state index < -0.39 is 0 Å². The monoisotopic (exact) mass is 454 g/mol. The minimum absolute atomic E-state index is 0.115. The van der Waals surface area contributed by atoms with Crippen molar-refractivity contribution >= 4 is 23.2 Å². The van der Waals surface area contributed by atoms with Crippen LogP contribution < -0.4 is 5.32 Å². The number of piperazine rings is 1. The molecule has 2 aliphatic rings. The molecule has 33 heavy (non-hydrogen) atoms. The molecule has 0 aliphatic carbocycles. The number of ether oxygens (including phenoxy) is 1. The van der Waals surface area contributed by atoms with Gasteiger partial charge < -0.3 is 10.1 Å². The summed E-state index contributed by atoms with van der Waals surface area (Å²) in [7, 11) is 0. The van der Waals surface area contributed by atoms with E-state index in [-0.39, 0.29) is 17.5 Å². The Morgan fingerprint density at radius 1 is 0.970 bits per heavy atom. The molecular formula is C25H28F2N4O2. The van der Waals surface area contributed by atoms with Gasteiger partial charge in [-0.15, -0.1) is 0 Å². The topological polar surface area (TPSA) is 57.2 Å². The summed E-state index contributed by atoms with van der Waals surface area (Å²) in [5.74, 6) is -0.0538. The Hall–Kier alpha value is -3.10. The molecule has 0 spiro atoms. The molecule has 8 heteroatoms. The number of aliphatic imine (C=N–C) groups is 1. The number of hydrogen-bond acceptors (Lipinski definition) is 5. The third-order valence-corrected chi connectivity index (χ3v) is 5.82. The Balaban J connectivity index is 1.30. The lowest BCUT2D eigenvalue weighted by molar-refractivity contribution is -0.117. The van der Waals surface area contributed by atoms with Crippen molar-refractivity contribution in [3.63, 3.8) is 0 Å². The highest BCUT2D eigenvalue weighted by molar-refractivity contribution is 5.92. The van der Waals surface area contributed by atoms with Gasteiger partial charge in [-0.25, -0.2) is 13.8 Å². The molecule has 6 nitrogen and oxygen atoms in total. The molecule has 2 aliphatic heterocycles. The predicted octanol–water partition coefficient (Wildman–Crippen LogP) is 3.77. The van der Waals surface area contributed by atoms with E-state index in [1.54, 1.807) is 24.3 Å². The molecule has 2 aromatic rings. The normalized spacial score (nSPS) is 17.8. The van der Waals surface area contributed by atoms with Crippen molar-refractivity contribution in [3.05, 3.63) is 71.3 Å². The van der Waals surface area contributed by atoms with Gasteiger partial charge in [0.15, 0.2) is 0 Å². The van der Waals surface area contributed by atoms with E-state index in [9.17, 15) is 13.6 Å². The highest BCUT2D eigenvalue weighted by Crippen LogP contribution is 2.25. The summed E-state index contributed by atoms with van der Waals surface area (Å²) in [6.45, 7) is 6.57. The quantitative estimate of drug-likeness (QED) is 0.722. The van der Waals surface area contributed by atoms with Crippen LogP contribution in [0.1, 0.15) is 18.9 Å². The maximum Gasteiger partial charge on any atom is 0.238 e. The van der Waals surface area contributed by atoms with Gasteiger partial charge in [-0.2, -0.15) is 0 Å². The number of carbonyl (C=O) groups excluding carboxylic acids is 1. The molecule has 0 unspecified atom stereocenters. The number of anilines is 1. The van der Waals surface area contributed by atoms with Crippen LogP contribution in [-0.2, 0) is 9.53 Å². The van der Waals surface area contributed by atoms with Gasteiger partial charge in [0.25, 0.3) is 0 Å². The minimum atomic E-state index is -0.332. The zero-order chi connectivity index (χ0) is 23.2. The number of rotatable bonds is 6. The maximum absolute atomic E-state index is 13.3. The Labute approximate surface area is 192 Å². The molecule has 0 saturated carbocycles. The van der Waals surface area contributed by atoms with Crippen molar-refractivity contribution in [2.45, 2.75) is 13.3 Å². The summed E-state index contributed by atoms with van der Waals surface area (Å²) in [6, 6.07) is 12.1. The number of hydrogen-bond donors (Lipinski definition) is 1. The van der Waals surface area contributed by atoms with Crippen molar-refractivity contribution < 1.29 is 18.3 Å². The third-order valence-electron chi connectivity index (χ3n) is 5.82. The van der Waals surface area contributed by atoms with Crippen LogP contribution in [-0.4, -0.2) is 67.5 Å². The van der Waals surface area contributed by atoms with Crippen LogP contribution in [0.3, 0.4) is 0 Å². The first-order valence-corrected chi connectivity index (χ1v) is 11.1. The van der Waals surface area contributed by atoms with E-state index >= 15 is 0 Å². The second kappa shape index (κ2) is 10.7. The molecule has 0 bridgehead atoms. The highest BCUT2D eigenvalue weighted by Gasteiger charge is 2.22. The van der Waals surface area contributed by atoms with Gasteiger partial charge in [-0.05, 0) is 61.0 Å². The number of benzene rings is 2. The molecule has 4 rings (SSSR count). The first-order chi connectivity index (χ1) is 16.0. The number of halogens is 2. The molecular weight excluding hydrogens is 426 g/mol. The fourth-order valence-electron chi connectivity index (χ4n) is 3.93.